The highest BCUT2D eigenvalue weighted by Gasteiger charge is 2.21. The van der Waals surface area contributed by atoms with Gasteiger partial charge in [-0.15, -0.1) is 21.5 Å². The smallest absolute Gasteiger partial charge is 0.163 e. The molecular weight excluding hydrogens is 388 g/mol. The molecule has 0 spiro atoms. The predicted molar refractivity (Wildman–Crippen MR) is 115 cm³/mol. The predicted octanol–water partition coefficient (Wildman–Crippen LogP) is 4.39. The molecule has 0 radical (unpaired) electrons. The van der Waals surface area contributed by atoms with Gasteiger partial charge in [0.2, 0.25) is 0 Å². The van der Waals surface area contributed by atoms with Crippen LogP contribution in [0.2, 0.25) is 0 Å². The Hall–Kier alpha value is -2.32. The van der Waals surface area contributed by atoms with Crippen molar-refractivity contribution in [3.63, 3.8) is 0 Å². The summed E-state index contributed by atoms with van der Waals surface area (Å²) in [7, 11) is 2.01. The van der Waals surface area contributed by atoms with Crippen LogP contribution in [0.15, 0.2) is 16.8 Å². The lowest BCUT2D eigenvalue weighted by molar-refractivity contribution is 0.700. The van der Waals surface area contributed by atoms with Crippen LogP contribution >= 0.6 is 22.7 Å². The summed E-state index contributed by atoms with van der Waals surface area (Å²) in [5.41, 5.74) is 2.55. The molecule has 0 aromatic carbocycles. The molecule has 0 fully saturated rings. The van der Waals surface area contributed by atoms with Crippen molar-refractivity contribution in [1.82, 2.24) is 24.7 Å². The largest absolute Gasteiger partial charge is 0.369 e. The molecule has 4 heterocycles. The van der Waals surface area contributed by atoms with Crippen molar-refractivity contribution >= 4 is 38.7 Å². The first-order chi connectivity index (χ1) is 13.7. The number of anilines is 1. The van der Waals surface area contributed by atoms with Crippen LogP contribution in [0.1, 0.15) is 34.9 Å². The lowest BCUT2D eigenvalue weighted by Crippen LogP contribution is -2.11. The third-order valence-electron chi connectivity index (χ3n) is 5.42. The second kappa shape index (κ2) is 7.25. The molecule has 5 rings (SSSR count). The highest BCUT2D eigenvalue weighted by atomic mass is 32.1. The number of rotatable bonds is 5. The minimum atomic E-state index is 0.770. The second-order valence-corrected chi connectivity index (χ2v) is 9.06. The van der Waals surface area contributed by atoms with Crippen molar-refractivity contribution in [2.75, 3.05) is 11.9 Å². The van der Waals surface area contributed by atoms with E-state index in [1.165, 1.54) is 35.1 Å². The van der Waals surface area contributed by atoms with E-state index in [9.17, 15) is 0 Å². The summed E-state index contributed by atoms with van der Waals surface area (Å²) in [6, 6.07) is 2.09. The molecule has 0 unspecified atom stereocenters. The normalized spacial score (nSPS) is 13.8. The van der Waals surface area contributed by atoms with Gasteiger partial charge in [0.05, 0.1) is 5.39 Å². The van der Waals surface area contributed by atoms with Gasteiger partial charge in [0.15, 0.2) is 5.82 Å². The summed E-state index contributed by atoms with van der Waals surface area (Å²) in [5.74, 6) is 3.70. The first-order valence-corrected chi connectivity index (χ1v) is 11.4. The van der Waals surface area contributed by atoms with Crippen LogP contribution in [-0.2, 0) is 26.3 Å². The fraction of sp³-hybridized carbons (Fsp3) is 0.400. The Morgan fingerprint density at radius 1 is 1.18 bits per heavy atom. The van der Waals surface area contributed by atoms with Crippen LogP contribution in [-0.4, -0.2) is 31.3 Å². The van der Waals surface area contributed by atoms with Gasteiger partial charge in [-0.25, -0.2) is 9.97 Å². The van der Waals surface area contributed by atoms with Gasteiger partial charge in [-0.3, -0.25) is 0 Å². The van der Waals surface area contributed by atoms with E-state index in [0.717, 1.165) is 53.1 Å². The van der Waals surface area contributed by atoms with Gasteiger partial charge in [-0.2, -0.15) is 11.3 Å². The maximum Gasteiger partial charge on any atom is 0.163 e. The van der Waals surface area contributed by atoms with Crippen molar-refractivity contribution < 1.29 is 0 Å². The lowest BCUT2D eigenvalue weighted by Gasteiger charge is -2.13. The molecule has 0 saturated heterocycles. The number of nitrogens with zero attached hydrogens (tertiary/aromatic N) is 5. The minimum absolute atomic E-state index is 0.770. The van der Waals surface area contributed by atoms with Crippen LogP contribution in [0.4, 0.5) is 5.82 Å². The van der Waals surface area contributed by atoms with Crippen molar-refractivity contribution in [1.29, 1.82) is 0 Å². The summed E-state index contributed by atoms with van der Waals surface area (Å²) in [5, 5.41) is 17.4. The van der Waals surface area contributed by atoms with E-state index in [2.05, 4.69) is 32.3 Å². The minimum Gasteiger partial charge on any atom is -0.369 e. The number of hydrogen-bond donors (Lipinski definition) is 1. The topological polar surface area (TPSA) is 68.5 Å². The molecule has 144 valence electrons. The number of nitrogens with one attached hydrogen (secondary N) is 1. The zero-order chi connectivity index (χ0) is 19.1. The zero-order valence-electron chi connectivity index (χ0n) is 16.0. The molecular formula is C20H22N6S2. The number of hydrogen-bond acceptors (Lipinski definition) is 7. The summed E-state index contributed by atoms with van der Waals surface area (Å²) >= 11 is 3.52. The van der Waals surface area contributed by atoms with Crippen molar-refractivity contribution in [3.8, 4) is 11.4 Å². The highest BCUT2D eigenvalue weighted by Crippen LogP contribution is 2.39. The molecule has 1 aliphatic rings. The van der Waals surface area contributed by atoms with Crippen LogP contribution in [0.25, 0.3) is 21.6 Å². The Kier molecular flexibility index (Phi) is 4.60. The molecule has 1 N–H and O–H groups in total. The summed E-state index contributed by atoms with van der Waals surface area (Å²) in [6.07, 6.45) is 5.64. The standard InChI is InChI=1S/C20H22N6S2/c1-12-24-25-16(26(12)2)7-9-21-19-17-14-5-3-4-6-15(14)28-20(17)23-18(22-19)13-8-10-27-11-13/h8,10-11H,3-7,9H2,1-2H3,(H,21,22,23). The Morgan fingerprint density at radius 3 is 2.86 bits per heavy atom. The number of thiophene rings is 2. The Bertz CT molecular complexity index is 1130. The number of aryl methyl sites for hydroxylation is 3. The van der Waals surface area contributed by atoms with Gasteiger partial charge >= 0.3 is 0 Å². The summed E-state index contributed by atoms with van der Waals surface area (Å²) in [6.45, 7) is 2.74. The van der Waals surface area contributed by atoms with E-state index in [-0.39, 0.29) is 0 Å². The molecule has 1 aliphatic carbocycles. The van der Waals surface area contributed by atoms with E-state index in [1.54, 1.807) is 11.3 Å². The number of fused-ring (bicyclic) bond motifs is 3. The first-order valence-electron chi connectivity index (χ1n) is 9.64. The molecule has 0 saturated carbocycles. The molecule has 0 bridgehead atoms. The summed E-state index contributed by atoms with van der Waals surface area (Å²) < 4.78 is 2.04. The Labute approximate surface area is 171 Å². The van der Waals surface area contributed by atoms with Gasteiger partial charge in [-0.05, 0) is 49.6 Å². The highest BCUT2D eigenvalue weighted by molar-refractivity contribution is 7.19. The fourth-order valence-corrected chi connectivity index (χ4v) is 5.66. The molecule has 4 aromatic heterocycles. The van der Waals surface area contributed by atoms with Gasteiger partial charge in [0.1, 0.15) is 22.3 Å². The van der Waals surface area contributed by atoms with E-state index in [4.69, 9.17) is 9.97 Å². The molecule has 0 aliphatic heterocycles. The molecule has 4 aromatic rings. The fourth-order valence-electron chi connectivity index (χ4n) is 3.77. The average molecular weight is 411 g/mol. The van der Waals surface area contributed by atoms with Gasteiger partial charge < -0.3 is 9.88 Å². The van der Waals surface area contributed by atoms with Crippen LogP contribution in [0, 0.1) is 6.92 Å². The summed E-state index contributed by atoms with van der Waals surface area (Å²) in [4.78, 5) is 12.4. The molecule has 0 amide bonds. The SMILES string of the molecule is Cc1nnc(CCNc2nc(-c3ccsc3)nc3sc4c(c23)CCCC4)n1C. The third-order valence-corrected chi connectivity index (χ3v) is 7.29. The van der Waals surface area contributed by atoms with Crippen molar-refractivity contribution in [2.45, 2.75) is 39.0 Å². The molecule has 0 atom stereocenters. The van der Waals surface area contributed by atoms with Gasteiger partial charge in [-0.1, -0.05) is 0 Å². The van der Waals surface area contributed by atoms with Gasteiger partial charge in [0.25, 0.3) is 0 Å². The molecule has 8 heteroatoms. The van der Waals surface area contributed by atoms with E-state index in [1.807, 2.05) is 29.9 Å². The lowest BCUT2D eigenvalue weighted by atomic mass is 9.97. The second-order valence-electron chi connectivity index (χ2n) is 7.20. The van der Waals surface area contributed by atoms with Crippen LogP contribution < -0.4 is 5.32 Å². The molecule has 6 nitrogen and oxygen atoms in total. The maximum atomic E-state index is 4.93. The van der Waals surface area contributed by atoms with Crippen LogP contribution in [0.5, 0.6) is 0 Å². The van der Waals surface area contributed by atoms with E-state index < -0.39 is 0 Å². The van der Waals surface area contributed by atoms with Crippen molar-refractivity contribution in [2.24, 2.45) is 7.05 Å². The Morgan fingerprint density at radius 2 is 2.07 bits per heavy atom. The third kappa shape index (κ3) is 3.10. The molecule has 28 heavy (non-hydrogen) atoms. The van der Waals surface area contributed by atoms with E-state index in [0.29, 0.717) is 0 Å². The number of aromatic nitrogens is 5. The van der Waals surface area contributed by atoms with Gasteiger partial charge in [0, 0.05) is 35.8 Å². The average Bonchev–Trinajstić information content (AvgIpc) is 3.43. The quantitative estimate of drug-likeness (QED) is 0.528. The van der Waals surface area contributed by atoms with Crippen LogP contribution in [0.3, 0.4) is 0 Å². The Balaban J connectivity index is 1.51. The van der Waals surface area contributed by atoms with E-state index >= 15 is 0 Å². The first kappa shape index (κ1) is 17.8. The maximum absolute atomic E-state index is 4.93. The zero-order valence-corrected chi connectivity index (χ0v) is 17.7. The van der Waals surface area contributed by atoms with Crippen molar-refractivity contribution in [3.05, 3.63) is 38.9 Å². The monoisotopic (exact) mass is 410 g/mol.